The van der Waals surface area contributed by atoms with Crippen molar-refractivity contribution < 1.29 is 14.4 Å². The lowest BCUT2D eigenvalue weighted by molar-refractivity contribution is -0.130. The van der Waals surface area contributed by atoms with Crippen LogP contribution in [0.5, 0.6) is 0 Å². The molecule has 3 aromatic carbocycles. The zero-order chi connectivity index (χ0) is 24.9. The average molecular weight is 481 g/mol. The van der Waals surface area contributed by atoms with Crippen LogP contribution in [0.1, 0.15) is 40.7 Å². The largest absolute Gasteiger partial charge is 0.387 e. The maximum Gasteiger partial charge on any atom is 0.271 e. The molecule has 3 N–H and O–H groups in total. The summed E-state index contributed by atoms with van der Waals surface area (Å²) in [5.41, 5.74) is 14.2. The third-order valence-corrected chi connectivity index (χ3v) is 6.39. The molecule has 2 heterocycles. The van der Waals surface area contributed by atoms with E-state index < -0.39 is 0 Å². The van der Waals surface area contributed by atoms with E-state index in [1.807, 2.05) is 77.7 Å². The Morgan fingerprint density at radius 1 is 0.944 bits per heavy atom. The van der Waals surface area contributed by atoms with Gasteiger partial charge in [-0.15, -0.1) is 0 Å². The molecule has 2 amide bonds. The van der Waals surface area contributed by atoms with Gasteiger partial charge in [0.15, 0.2) is 0 Å². The molecule has 0 unspecified atom stereocenters. The summed E-state index contributed by atoms with van der Waals surface area (Å²) in [6.07, 6.45) is 4.15. The Bertz CT molecular complexity index is 1320. The molecule has 182 valence electrons. The summed E-state index contributed by atoms with van der Waals surface area (Å²) in [5.74, 6) is 0.0863. The number of carbonyl (C=O) groups excluding carboxylic acids is 2. The van der Waals surface area contributed by atoms with Crippen LogP contribution in [0.15, 0.2) is 83.4 Å². The molecule has 1 fully saturated rings. The van der Waals surface area contributed by atoms with E-state index >= 15 is 0 Å². The van der Waals surface area contributed by atoms with Crippen LogP contribution in [0.2, 0.25) is 0 Å². The molecule has 0 saturated carbocycles. The minimum Gasteiger partial charge on any atom is -0.387 e. The number of nitrogens with zero attached hydrogens (tertiary/aromatic N) is 2. The highest BCUT2D eigenvalue weighted by Gasteiger charge is 2.20. The normalized spacial score (nSPS) is 14.9. The number of hydroxylamine groups is 1. The first-order valence-electron chi connectivity index (χ1n) is 12.1. The van der Waals surface area contributed by atoms with Crippen molar-refractivity contribution in [2.24, 2.45) is 10.7 Å². The summed E-state index contributed by atoms with van der Waals surface area (Å²) >= 11 is 0. The van der Waals surface area contributed by atoms with E-state index in [4.69, 9.17) is 10.6 Å². The van der Waals surface area contributed by atoms with Crippen molar-refractivity contribution in [3.05, 3.63) is 95.1 Å². The number of benzene rings is 3. The number of hydrogen-bond acceptors (Lipinski definition) is 5. The van der Waals surface area contributed by atoms with Crippen molar-refractivity contribution in [1.29, 1.82) is 0 Å². The fourth-order valence-corrected chi connectivity index (χ4v) is 4.45. The molecule has 0 radical (unpaired) electrons. The minimum atomic E-state index is -0.348. The number of likely N-dealkylation sites (tertiary alicyclic amines) is 1. The summed E-state index contributed by atoms with van der Waals surface area (Å²) in [5, 5.41) is 0. The number of aliphatic imine (C=N–C) groups is 1. The van der Waals surface area contributed by atoms with Gasteiger partial charge in [-0.3, -0.25) is 14.4 Å². The molecule has 7 nitrogen and oxygen atoms in total. The SMILES string of the molecule is NC1=Nc2cc(-c3ccc(C(=O)N4CCCC4)cc3)ccc2C=C(C(=O)NOCc2ccccc2)C1. The van der Waals surface area contributed by atoms with Crippen LogP contribution in [0.4, 0.5) is 5.69 Å². The van der Waals surface area contributed by atoms with Crippen LogP contribution in [-0.2, 0) is 16.2 Å². The minimum absolute atomic E-state index is 0.0852. The number of amidine groups is 1. The quantitative estimate of drug-likeness (QED) is 0.504. The van der Waals surface area contributed by atoms with E-state index in [-0.39, 0.29) is 24.8 Å². The Morgan fingerprint density at radius 3 is 2.42 bits per heavy atom. The Morgan fingerprint density at radius 2 is 1.67 bits per heavy atom. The lowest BCUT2D eigenvalue weighted by Gasteiger charge is -2.15. The number of nitrogens with one attached hydrogen (secondary N) is 1. The molecule has 2 aliphatic heterocycles. The predicted molar refractivity (Wildman–Crippen MR) is 140 cm³/mol. The maximum absolute atomic E-state index is 12.7. The van der Waals surface area contributed by atoms with Crippen LogP contribution >= 0.6 is 0 Å². The first kappa shape index (κ1) is 23.5. The third-order valence-electron chi connectivity index (χ3n) is 6.39. The summed E-state index contributed by atoms with van der Waals surface area (Å²) in [7, 11) is 0. The second-order valence-electron chi connectivity index (χ2n) is 9.01. The van der Waals surface area contributed by atoms with Gasteiger partial charge >= 0.3 is 0 Å². The number of rotatable bonds is 6. The molecule has 0 aromatic heterocycles. The highest BCUT2D eigenvalue weighted by molar-refractivity contribution is 6.05. The molecule has 0 spiro atoms. The summed E-state index contributed by atoms with van der Waals surface area (Å²) in [6, 6.07) is 23.1. The highest BCUT2D eigenvalue weighted by atomic mass is 16.6. The molecule has 36 heavy (non-hydrogen) atoms. The van der Waals surface area contributed by atoms with Crippen molar-refractivity contribution in [1.82, 2.24) is 10.4 Å². The topological polar surface area (TPSA) is 97.0 Å². The van der Waals surface area contributed by atoms with E-state index in [2.05, 4.69) is 10.5 Å². The smallest absolute Gasteiger partial charge is 0.271 e. The fourth-order valence-electron chi connectivity index (χ4n) is 4.45. The van der Waals surface area contributed by atoms with Gasteiger partial charge in [-0.1, -0.05) is 54.6 Å². The molecule has 2 aliphatic rings. The molecule has 0 aliphatic carbocycles. The number of fused-ring (bicyclic) bond motifs is 1. The molecular weight excluding hydrogens is 452 g/mol. The van der Waals surface area contributed by atoms with Gasteiger partial charge in [0, 0.05) is 36.2 Å². The zero-order valence-corrected chi connectivity index (χ0v) is 19.9. The van der Waals surface area contributed by atoms with Crippen molar-refractivity contribution in [3.63, 3.8) is 0 Å². The Kier molecular flexibility index (Phi) is 6.91. The monoisotopic (exact) mass is 480 g/mol. The van der Waals surface area contributed by atoms with Crippen molar-refractivity contribution in [2.75, 3.05) is 13.1 Å². The van der Waals surface area contributed by atoms with Crippen LogP contribution in [-0.4, -0.2) is 35.6 Å². The van der Waals surface area contributed by atoms with Crippen LogP contribution in [0, 0.1) is 0 Å². The van der Waals surface area contributed by atoms with Gasteiger partial charge in [0.2, 0.25) is 0 Å². The van der Waals surface area contributed by atoms with Gasteiger partial charge < -0.3 is 10.6 Å². The fraction of sp³-hybridized carbons (Fsp3) is 0.207. The molecule has 1 saturated heterocycles. The summed E-state index contributed by atoms with van der Waals surface area (Å²) in [4.78, 5) is 37.2. The predicted octanol–water partition coefficient (Wildman–Crippen LogP) is 4.61. The van der Waals surface area contributed by atoms with Gasteiger partial charge in [0.25, 0.3) is 11.8 Å². The number of carbonyl (C=O) groups is 2. The maximum atomic E-state index is 12.7. The number of hydrogen-bond donors (Lipinski definition) is 2. The second-order valence-corrected chi connectivity index (χ2v) is 9.01. The molecule has 5 rings (SSSR count). The van der Waals surface area contributed by atoms with E-state index in [1.165, 1.54) is 0 Å². The van der Waals surface area contributed by atoms with Gasteiger partial charge in [-0.25, -0.2) is 10.5 Å². The highest BCUT2D eigenvalue weighted by Crippen LogP contribution is 2.32. The zero-order valence-electron chi connectivity index (χ0n) is 19.9. The summed E-state index contributed by atoms with van der Waals surface area (Å²) in [6.45, 7) is 1.93. The molecule has 0 atom stereocenters. The van der Waals surface area contributed by atoms with Gasteiger partial charge in [-0.2, -0.15) is 0 Å². The molecule has 3 aromatic rings. The van der Waals surface area contributed by atoms with Crippen LogP contribution in [0.3, 0.4) is 0 Å². The molecule has 0 bridgehead atoms. The Balaban J connectivity index is 1.30. The lowest BCUT2D eigenvalue weighted by atomic mass is 10.00. The first-order chi connectivity index (χ1) is 17.6. The van der Waals surface area contributed by atoms with E-state index in [0.717, 1.165) is 48.2 Å². The first-order valence-corrected chi connectivity index (χ1v) is 12.1. The standard InChI is InChI=1S/C29H28N4O3/c30-27-18-25(28(34)32-36-19-20-6-2-1-3-7-20)16-24-13-12-23(17-26(24)31-27)21-8-10-22(11-9-21)29(35)33-14-4-5-15-33/h1-3,6-13,16-17H,4-5,14-15,18-19H2,(H2,30,31)(H,32,34). The van der Waals surface area contributed by atoms with Gasteiger partial charge in [-0.05, 0) is 53.8 Å². The third kappa shape index (κ3) is 5.37. The molecule has 7 heteroatoms. The molecular formula is C29H28N4O3. The van der Waals surface area contributed by atoms with Gasteiger partial charge in [0.1, 0.15) is 5.84 Å². The van der Waals surface area contributed by atoms with Crippen molar-refractivity contribution in [2.45, 2.75) is 25.9 Å². The van der Waals surface area contributed by atoms with Crippen LogP contribution < -0.4 is 11.2 Å². The van der Waals surface area contributed by atoms with Crippen molar-refractivity contribution in [3.8, 4) is 11.1 Å². The Labute approximate surface area is 210 Å². The van der Waals surface area contributed by atoms with Crippen molar-refractivity contribution >= 4 is 29.4 Å². The second kappa shape index (κ2) is 10.6. The Hall–Kier alpha value is -4.23. The summed E-state index contributed by atoms with van der Waals surface area (Å²) < 4.78 is 0. The number of amides is 2. The van der Waals surface area contributed by atoms with E-state index in [9.17, 15) is 9.59 Å². The van der Waals surface area contributed by atoms with Gasteiger partial charge in [0.05, 0.1) is 12.3 Å². The average Bonchev–Trinajstić information content (AvgIpc) is 3.38. The van der Waals surface area contributed by atoms with E-state index in [1.54, 1.807) is 6.08 Å². The lowest BCUT2D eigenvalue weighted by Crippen LogP contribution is -2.27. The van der Waals surface area contributed by atoms with Crippen LogP contribution in [0.25, 0.3) is 17.2 Å². The number of nitrogens with two attached hydrogens (primary N) is 1. The van der Waals surface area contributed by atoms with E-state index in [0.29, 0.717) is 22.7 Å².